The molecule has 0 radical (unpaired) electrons. The molecule has 0 aliphatic rings. The summed E-state index contributed by atoms with van der Waals surface area (Å²) in [5.74, 6) is -3.08. The minimum Gasteiger partial charge on any atom is -0.338 e. The van der Waals surface area contributed by atoms with E-state index in [0.717, 1.165) is 18.0 Å². The molecule has 0 bridgehead atoms. The van der Waals surface area contributed by atoms with Gasteiger partial charge < -0.3 is 10.3 Å². The van der Waals surface area contributed by atoms with E-state index >= 15 is 0 Å². The fourth-order valence-corrected chi connectivity index (χ4v) is 1.88. The van der Waals surface area contributed by atoms with E-state index < -0.39 is 23.5 Å². The van der Waals surface area contributed by atoms with Crippen LogP contribution in [0.25, 0.3) is 0 Å². The number of hydrogen-bond donors (Lipinski definition) is 1. The molecule has 0 amide bonds. The van der Waals surface area contributed by atoms with Crippen molar-refractivity contribution in [3.63, 3.8) is 0 Å². The van der Waals surface area contributed by atoms with Gasteiger partial charge in [0.2, 0.25) is 0 Å². The second kappa shape index (κ2) is 5.44. The standard InChI is InChI=1S/C13H14F3N3/c1-19-5-4-18-12(19)3-2-11(17)8-6-9(14)13(16)10(15)7-8/h4-7,11H,2-3,17H2,1H3. The summed E-state index contributed by atoms with van der Waals surface area (Å²) in [5.41, 5.74) is 6.10. The molecule has 2 N–H and O–H groups in total. The van der Waals surface area contributed by atoms with Crippen molar-refractivity contribution >= 4 is 0 Å². The summed E-state index contributed by atoms with van der Waals surface area (Å²) < 4.78 is 40.9. The average molecular weight is 269 g/mol. The Morgan fingerprint density at radius 1 is 1.26 bits per heavy atom. The first kappa shape index (κ1) is 13.6. The number of aromatic nitrogens is 2. The van der Waals surface area contributed by atoms with Gasteiger partial charge in [-0.05, 0) is 24.1 Å². The first-order valence-corrected chi connectivity index (χ1v) is 5.85. The zero-order valence-corrected chi connectivity index (χ0v) is 10.4. The topological polar surface area (TPSA) is 43.8 Å². The van der Waals surface area contributed by atoms with Crippen molar-refractivity contribution < 1.29 is 13.2 Å². The number of nitrogens with two attached hydrogens (primary N) is 1. The highest BCUT2D eigenvalue weighted by Crippen LogP contribution is 2.21. The molecule has 19 heavy (non-hydrogen) atoms. The van der Waals surface area contributed by atoms with Gasteiger partial charge in [0.25, 0.3) is 0 Å². The van der Waals surface area contributed by atoms with E-state index in [-0.39, 0.29) is 5.56 Å². The fourth-order valence-electron chi connectivity index (χ4n) is 1.88. The summed E-state index contributed by atoms with van der Waals surface area (Å²) in [6, 6.07) is 1.30. The van der Waals surface area contributed by atoms with Crippen molar-refractivity contribution in [1.29, 1.82) is 0 Å². The highest BCUT2D eigenvalue weighted by molar-refractivity contribution is 5.22. The van der Waals surface area contributed by atoms with E-state index in [1.54, 1.807) is 12.4 Å². The van der Waals surface area contributed by atoms with Crippen molar-refractivity contribution in [2.45, 2.75) is 18.9 Å². The molecule has 1 aromatic heterocycles. The third kappa shape index (κ3) is 2.96. The van der Waals surface area contributed by atoms with Crippen molar-refractivity contribution in [3.8, 4) is 0 Å². The van der Waals surface area contributed by atoms with Gasteiger partial charge in [-0.2, -0.15) is 0 Å². The number of aryl methyl sites for hydroxylation is 2. The summed E-state index contributed by atoms with van der Waals surface area (Å²) in [7, 11) is 1.85. The zero-order chi connectivity index (χ0) is 14.0. The largest absolute Gasteiger partial charge is 0.338 e. The van der Waals surface area contributed by atoms with Crippen LogP contribution in [0.4, 0.5) is 13.2 Å². The Morgan fingerprint density at radius 3 is 2.42 bits per heavy atom. The van der Waals surface area contributed by atoms with Crippen LogP contribution in [0.2, 0.25) is 0 Å². The SMILES string of the molecule is Cn1ccnc1CCC(N)c1cc(F)c(F)c(F)c1. The first-order valence-electron chi connectivity index (χ1n) is 5.85. The lowest BCUT2D eigenvalue weighted by atomic mass is 10.0. The van der Waals surface area contributed by atoms with Gasteiger partial charge in [-0.1, -0.05) is 0 Å². The molecule has 1 atom stereocenters. The maximum Gasteiger partial charge on any atom is 0.194 e. The van der Waals surface area contributed by atoms with Crippen LogP contribution in [0.3, 0.4) is 0 Å². The predicted octanol–water partition coefficient (Wildman–Crippen LogP) is 2.47. The lowest BCUT2D eigenvalue weighted by Gasteiger charge is -2.12. The molecule has 6 heteroatoms. The van der Waals surface area contributed by atoms with Gasteiger partial charge in [0, 0.05) is 31.9 Å². The van der Waals surface area contributed by atoms with Crippen molar-refractivity contribution in [2.24, 2.45) is 12.8 Å². The van der Waals surface area contributed by atoms with E-state index in [1.165, 1.54) is 0 Å². The van der Waals surface area contributed by atoms with Gasteiger partial charge >= 0.3 is 0 Å². The third-order valence-electron chi connectivity index (χ3n) is 3.03. The van der Waals surface area contributed by atoms with Gasteiger partial charge in [-0.25, -0.2) is 18.2 Å². The van der Waals surface area contributed by atoms with Crippen LogP contribution in [0, 0.1) is 17.5 Å². The average Bonchev–Trinajstić information content (AvgIpc) is 2.78. The lowest BCUT2D eigenvalue weighted by molar-refractivity contribution is 0.442. The number of imidazole rings is 1. The Kier molecular flexibility index (Phi) is 3.90. The Labute approximate surface area is 108 Å². The monoisotopic (exact) mass is 269 g/mol. The van der Waals surface area contributed by atoms with Crippen LogP contribution in [-0.2, 0) is 13.5 Å². The maximum absolute atomic E-state index is 13.1. The minimum atomic E-state index is -1.47. The van der Waals surface area contributed by atoms with E-state index in [9.17, 15) is 13.2 Å². The van der Waals surface area contributed by atoms with Crippen LogP contribution in [0.1, 0.15) is 23.9 Å². The van der Waals surface area contributed by atoms with Crippen molar-refractivity contribution in [3.05, 3.63) is 53.4 Å². The highest BCUT2D eigenvalue weighted by atomic mass is 19.2. The Balaban J connectivity index is 2.08. The van der Waals surface area contributed by atoms with Gasteiger partial charge in [-0.15, -0.1) is 0 Å². The van der Waals surface area contributed by atoms with Gasteiger partial charge in [0.15, 0.2) is 17.5 Å². The van der Waals surface area contributed by atoms with Crippen molar-refractivity contribution in [2.75, 3.05) is 0 Å². The van der Waals surface area contributed by atoms with Gasteiger partial charge in [-0.3, -0.25) is 0 Å². The van der Waals surface area contributed by atoms with E-state index in [4.69, 9.17) is 5.73 Å². The van der Waals surface area contributed by atoms with E-state index in [1.807, 2.05) is 11.6 Å². The third-order valence-corrected chi connectivity index (χ3v) is 3.03. The van der Waals surface area contributed by atoms with Gasteiger partial charge in [0.05, 0.1) is 0 Å². The van der Waals surface area contributed by atoms with Crippen molar-refractivity contribution in [1.82, 2.24) is 9.55 Å². The molecule has 0 aliphatic carbocycles. The van der Waals surface area contributed by atoms with Crippen LogP contribution in [-0.4, -0.2) is 9.55 Å². The Bertz CT molecular complexity index is 557. The quantitative estimate of drug-likeness (QED) is 0.866. The zero-order valence-electron chi connectivity index (χ0n) is 10.4. The molecule has 3 nitrogen and oxygen atoms in total. The number of nitrogens with zero attached hydrogens (tertiary/aromatic N) is 2. The van der Waals surface area contributed by atoms with Crippen LogP contribution < -0.4 is 5.73 Å². The maximum atomic E-state index is 13.1. The first-order chi connectivity index (χ1) is 8.99. The molecule has 1 unspecified atom stereocenters. The summed E-state index contributed by atoms with van der Waals surface area (Å²) in [6.45, 7) is 0. The predicted molar refractivity (Wildman–Crippen MR) is 64.8 cm³/mol. The van der Waals surface area contributed by atoms with Crippen LogP contribution in [0.5, 0.6) is 0 Å². The lowest BCUT2D eigenvalue weighted by Crippen LogP contribution is -2.13. The molecule has 2 aromatic rings. The molecular weight excluding hydrogens is 255 g/mol. The van der Waals surface area contributed by atoms with E-state index in [2.05, 4.69) is 4.98 Å². The Morgan fingerprint density at radius 2 is 1.89 bits per heavy atom. The molecule has 102 valence electrons. The van der Waals surface area contributed by atoms with Crippen LogP contribution >= 0.6 is 0 Å². The number of halogens is 3. The molecule has 0 fully saturated rings. The number of rotatable bonds is 4. The molecule has 0 aliphatic heterocycles. The minimum absolute atomic E-state index is 0.241. The second-order valence-corrected chi connectivity index (χ2v) is 4.40. The summed E-state index contributed by atoms with van der Waals surface area (Å²) in [4.78, 5) is 4.13. The second-order valence-electron chi connectivity index (χ2n) is 4.40. The fraction of sp³-hybridized carbons (Fsp3) is 0.308. The van der Waals surface area contributed by atoms with E-state index in [0.29, 0.717) is 12.8 Å². The molecule has 1 heterocycles. The Hall–Kier alpha value is -1.82. The smallest absolute Gasteiger partial charge is 0.194 e. The molecular formula is C13H14F3N3. The molecule has 0 spiro atoms. The van der Waals surface area contributed by atoms with Crippen LogP contribution in [0.15, 0.2) is 24.5 Å². The summed E-state index contributed by atoms with van der Waals surface area (Å²) >= 11 is 0. The molecule has 1 aromatic carbocycles. The molecule has 2 rings (SSSR count). The number of benzene rings is 1. The highest BCUT2D eigenvalue weighted by Gasteiger charge is 2.15. The number of hydrogen-bond acceptors (Lipinski definition) is 2. The summed E-state index contributed by atoms with van der Waals surface area (Å²) in [5, 5.41) is 0. The van der Waals surface area contributed by atoms with Gasteiger partial charge in [0.1, 0.15) is 5.82 Å². The molecule has 0 saturated carbocycles. The molecule has 0 saturated heterocycles. The summed E-state index contributed by atoms with van der Waals surface area (Å²) in [6.07, 6.45) is 4.51. The normalized spacial score (nSPS) is 12.7.